The Kier molecular flexibility index (Phi) is 11.1. The van der Waals surface area contributed by atoms with Crippen LogP contribution in [0.5, 0.6) is 0 Å². The number of aliphatic imine (C=N–C) groups is 2. The highest BCUT2D eigenvalue weighted by molar-refractivity contribution is 6.06. The first-order valence-corrected chi connectivity index (χ1v) is 11.7. The van der Waals surface area contributed by atoms with E-state index in [1.54, 1.807) is 48.5 Å². The zero-order chi connectivity index (χ0) is 26.5. The van der Waals surface area contributed by atoms with Crippen LogP contribution in [0.1, 0.15) is 30.4 Å². The first-order valence-electron chi connectivity index (χ1n) is 11.7. The molecule has 0 unspecified atom stereocenters. The average molecular weight is 495 g/mol. The van der Waals surface area contributed by atoms with Crippen LogP contribution < -0.4 is 22.9 Å². The summed E-state index contributed by atoms with van der Waals surface area (Å²) in [6.45, 7) is 0.265. The number of hydrogen-bond donors (Lipinski definition) is 5. The van der Waals surface area contributed by atoms with Gasteiger partial charge < -0.3 is 28.0 Å². The maximum Gasteiger partial charge on any atom is 0.307 e. The van der Waals surface area contributed by atoms with Crippen LogP contribution in [-0.4, -0.2) is 47.1 Å². The lowest BCUT2D eigenvalue weighted by molar-refractivity contribution is -0.145. The van der Waals surface area contributed by atoms with Crippen molar-refractivity contribution in [2.45, 2.75) is 38.1 Å². The molecule has 192 valence electrons. The van der Waals surface area contributed by atoms with Gasteiger partial charge in [-0.15, -0.1) is 0 Å². The van der Waals surface area contributed by atoms with E-state index < -0.39 is 35.4 Å². The number of Topliss-reactive ketones (excluding diaryl/α,β-unsaturated/α-hetero) is 2. The molecule has 9 N–H and O–H groups in total. The fraction of sp³-hybridized carbons (Fsp3) is 0.346. The fourth-order valence-corrected chi connectivity index (χ4v) is 3.93. The number of ketones is 2. The molecule has 10 nitrogen and oxygen atoms in total. The maximum atomic E-state index is 13.6. The summed E-state index contributed by atoms with van der Waals surface area (Å²) in [6.07, 6.45) is 0.613. The molecule has 3 atom stereocenters. The number of rotatable bonds is 15. The summed E-state index contributed by atoms with van der Waals surface area (Å²) in [5, 5.41) is 9.78. The van der Waals surface area contributed by atoms with Crippen molar-refractivity contribution in [2.75, 3.05) is 6.54 Å². The van der Waals surface area contributed by atoms with Crippen LogP contribution in [-0.2, 0) is 27.2 Å². The Morgan fingerprint density at radius 3 is 1.86 bits per heavy atom. The zero-order valence-corrected chi connectivity index (χ0v) is 20.1. The summed E-state index contributed by atoms with van der Waals surface area (Å²) in [7, 11) is 0. The molecule has 2 rings (SSSR count). The van der Waals surface area contributed by atoms with Crippen molar-refractivity contribution in [3.63, 3.8) is 0 Å². The number of hydrogen-bond acceptors (Lipinski definition) is 5. The Hall–Kier alpha value is -4.21. The Bertz CT molecular complexity index is 1060. The SMILES string of the molecule is NC(N)=NCCC[C@H](N=C(N)N)C(=O)[C@@H](Cc1ccccc1)C(=O)C[C@@H](Cc1ccccc1)C(=O)O. The molecule has 0 bridgehead atoms. The molecule has 2 aromatic carbocycles. The first kappa shape index (κ1) is 28.0. The molecule has 36 heavy (non-hydrogen) atoms. The number of carboxylic acids is 1. The number of carboxylic acid groups (broad SMARTS) is 1. The van der Waals surface area contributed by atoms with Crippen LogP contribution in [0.25, 0.3) is 0 Å². The highest BCUT2D eigenvalue weighted by atomic mass is 16.4. The number of carbonyl (C=O) groups is 3. The van der Waals surface area contributed by atoms with E-state index in [0.29, 0.717) is 6.42 Å². The Labute approximate surface area is 210 Å². The third-order valence-electron chi connectivity index (χ3n) is 5.70. The van der Waals surface area contributed by atoms with Crippen molar-refractivity contribution in [3.05, 3.63) is 71.8 Å². The molecule has 0 aliphatic carbocycles. The lowest BCUT2D eigenvalue weighted by atomic mass is 9.82. The monoisotopic (exact) mass is 494 g/mol. The second-order valence-electron chi connectivity index (χ2n) is 8.56. The third-order valence-corrected chi connectivity index (χ3v) is 5.70. The molecule has 0 heterocycles. The first-order chi connectivity index (χ1) is 17.2. The molecule has 0 radical (unpaired) electrons. The molecular formula is C26H34N6O4. The third kappa shape index (κ3) is 9.57. The van der Waals surface area contributed by atoms with Gasteiger partial charge in [-0.2, -0.15) is 0 Å². The maximum absolute atomic E-state index is 13.6. The van der Waals surface area contributed by atoms with Gasteiger partial charge in [-0.25, -0.2) is 4.99 Å². The van der Waals surface area contributed by atoms with Gasteiger partial charge in [0.25, 0.3) is 0 Å². The second kappa shape index (κ2) is 14.2. The van der Waals surface area contributed by atoms with Crippen LogP contribution >= 0.6 is 0 Å². The summed E-state index contributed by atoms with van der Waals surface area (Å²) >= 11 is 0. The van der Waals surface area contributed by atoms with E-state index >= 15 is 0 Å². The molecule has 0 aromatic heterocycles. The minimum absolute atomic E-state index is 0.0741. The minimum atomic E-state index is -1.11. The summed E-state index contributed by atoms with van der Waals surface area (Å²) in [5.41, 5.74) is 23.4. The summed E-state index contributed by atoms with van der Waals surface area (Å²) in [5.74, 6) is -4.48. The summed E-state index contributed by atoms with van der Waals surface area (Å²) in [6, 6.07) is 17.1. The predicted molar refractivity (Wildman–Crippen MR) is 139 cm³/mol. The van der Waals surface area contributed by atoms with E-state index in [0.717, 1.165) is 11.1 Å². The highest BCUT2D eigenvalue weighted by Crippen LogP contribution is 2.22. The molecular weight excluding hydrogens is 460 g/mol. The molecule has 2 aromatic rings. The minimum Gasteiger partial charge on any atom is -0.481 e. The molecule has 10 heteroatoms. The summed E-state index contributed by atoms with van der Waals surface area (Å²) < 4.78 is 0. The van der Waals surface area contributed by atoms with Crippen molar-refractivity contribution in [1.29, 1.82) is 0 Å². The quantitative estimate of drug-likeness (QED) is 0.104. The van der Waals surface area contributed by atoms with Crippen LogP contribution in [0.4, 0.5) is 0 Å². The van der Waals surface area contributed by atoms with Crippen molar-refractivity contribution in [2.24, 2.45) is 44.8 Å². The lowest BCUT2D eigenvalue weighted by Gasteiger charge is -2.21. The molecule has 0 saturated heterocycles. The summed E-state index contributed by atoms with van der Waals surface area (Å²) in [4.78, 5) is 47.0. The van der Waals surface area contributed by atoms with Crippen LogP contribution in [0, 0.1) is 11.8 Å². The smallest absolute Gasteiger partial charge is 0.307 e. The van der Waals surface area contributed by atoms with Gasteiger partial charge in [-0.1, -0.05) is 60.7 Å². The van der Waals surface area contributed by atoms with Gasteiger partial charge in [-0.05, 0) is 36.8 Å². The van der Waals surface area contributed by atoms with Crippen molar-refractivity contribution >= 4 is 29.5 Å². The van der Waals surface area contributed by atoms with E-state index in [2.05, 4.69) is 9.98 Å². The van der Waals surface area contributed by atoms with Gasteiger partial charge in [0.1, 0.15) is 11.8 Å². The van der Waals surface area contributed by atoms with Crippen LogP contribution in [0.15, 0.2) is 70.6 Å². The van der Waals surface area contributed by atoms with Crippen LogP contribution in [0.2, 0.25) is 0 Å². The number of benzene rings is 2. The van der Waals surface area contributed by atoms with Crippen molar-refractivity contribution < 1.29 is 19.5 Å². The second-order valence-corrected chi connectivity index (χ2v) is 8.56. The zero-order valence-electron chi connectivity index (χ0n) is 20.1. The molecule has 0 fully saturated rings. The van der Waals surface area contributed by atoms with Gasteiger partial charge in [-0.3, -0.25) is 19.4 Å². The average Bonchev–Trinajstić information content (AvgIpc) is 2.84. The number of guanidine groups is 2. The largest absolute Gasteiger partial charge is 0.481 e. The predicted octanol–water partition coefficient (Wildman–Crippen LogP) is 1.01. The lowest BCUT2D eigenvalue weighted by Crippen LogP contribution is -2.38. The number of nitrogens with two attached hydrogens (primary N) is 4. The number of aliphatic carboxylic acids is 1. The fourth-order valence-electron chi connectivity index (χ4n) is 3.93. The van der Waals surface area contributed by atoms with Gasteiger partial charge >= 0.3 is 5.97 Å². The molecule has 0 aliphatic rings. The Morgan fingerprint density at radius 1 is 0.806 bits per heavy atom. The topological polar surface area (TPSA) is 200 Å². The van der Waals surface area contributed by atoms with Gasteiger partial charge in [0.15, 0.2) is 17.7 Å². The van der Waals surface area contributed by atoms with E-state index in [4.69, 9.17) is 22.9 Å². The van der Waals surface area contributed by atoms with E-state index in [9.17, 15) is 19.5 Å². The Balaban J connectivity index is 2.29. The molecule has 0 spiro atoms. The molecule has 0 saturated carbocycles. The van der Waals surface area contributed by atoms with E-state index in [-0.39, 0.29) is 44.1 Å². The van der Waals surface area contributed by atoms with Gasteiger partial charge in [0.2, 0.25) is 0 Å². The Morgan fingerprint density at radius 2 is 1.36 bits per heavy atom. The standard InChI is InChI=1S/C26H34N6O4/c27-25(28)31-13-7-12-21(32-26(29)30)23(34)20(15-18-10-5-2-6-11-18)22(33)16-19(24(35)36)14-17-8-3-1-4-9-17/h1-6,8-11,19-21H,7,12-16H2,(H,35,36)(H4,27,28,31)(H4,29,30,32)/t19-,20+,21+/m1/s1. The van der Waals surface area contributed by atoms with E-state index in [1.807, 2.05) is 12.1 Å². The molecule has 0 aliphatic heterocycles. The number of carbonyl (C=O) groups excluding carboxylic acids is 2. The van der Waals surface area contributed by atoms with Crippen molar-refractivity contribution in [1.82, 2.24) is 0 Å². The van der Waals surface area contributed by atoms with Gasteiger partial charge in [0.05, 0.1) is 11.8 Å². The normalized spacial score (nSPS) is 13.1. The van der Waals surface area contributed by atoms with E-state index in [1.165, 1.54) is 0 Å². The highest BCUT2D eigenvalue weighted by Gasteiger charge is 2.34. The van der Waals surface area contributed by atoms with Crippen LogP contribution in [0.3, 0.4) is 0 Å². The van der Waals surface area contributed by atoms with Gasteiger partial charge in [0, 0.05) is 13.0 Å². The van der Waals surface area contributed by atoms with Crippen molar-refractivity contribution in [3.8, 4) is 0 Å². The number of nitrogens with zero attached hydrogens (tertiary/aromatic N) is 2. The molecule has 0 amide bonds.